The van der Waals surface area contributed by atoms with E-state index in [2.05, 4.69) is 68.7 Å². The minimum absolute atomic E-state index is 0.0103. The number of aromatic nitrogens is 3. The van der Waals surface area contributed by atoms with Crippen molar-refractivity contribution in [2.24, 2.45) is 12.5 Å². The molecule has 9 heteroatoms. The van der Waals surface area contributed by atoms with Gasteiger partial charge in [0.05, 0.1) is 17.6 Å². The Morgan fingerprint density at radius 3 is 2.50 bits per heavy atom. The van der Waals surface area contributed by atoms with Gasteiger partial charge < -0.3 is 19.6 Å². The zero-order chi connectivity index (χ0) is 26.2. The normalized spacial score (nSPS) is 25.4. The molecule has 0 aromatic carbocycles. The highest BCUT2D eigenvalue weighted by Crippen LogP contribution is 2.41. The molecule has 7 heterocycles. The van der Waals surface area contributed by atoms with Gasteiger partial charge in [-0.15, -0.1) is 0 Å². The molecule has 38 heavy (non-hydrogen) atoms. The van der Waals surface area contributed by atoms with E-state index in [1.165, 1.54) is 24.3 Å². The second kappa shape index (κ2) is 8.68. The molecular weight excluding hydrogens is 476 g/mol. The standard InChI is InChI=1S/C29H38N8O/c1-20-10-22(36-18-29(19-36)16-32(3)17-29)12-31-27(20)34-8-9-37-21(2)13-35(15-23(37)14-34)25-11-26(38)33(4)28-24(25)6-5-7-30-28/h5-7,10-12,21,23H,8-9,13-19H2,1-4H3/t21-,23?/m0/s1. The van der Waals surface area contributed by atoms with E-state index in [-0.39, 0.29) is 5.56 Å². The van der Waals surface area contributed by atoms with E-state index in [1.54, 1.807) is 23.9 Å². The third kappa shape index (κ3) is 3.78. The van der Waals surface area contributed by atoms with Crippen LogP contribution in [0, 0.1) is 12.3 Å². The van der Waals surface area contributed by atoms with Gasteiger partial charge in [0, 0.05) is 101 Å². The number of hydrogen-bond donors (Lipinski definition) is 0. The Balaban J connectivity index is 1.10. The topological polar surface area (TPSA) is 64.0 Å². The molecule has 3 aromatic heterocycles. The lowest BCUT2D eigenvalue weighted by atomic mass is 9.73. The highest BCUT2D eigenvalue weighted by molar-refractivity contribution is 5.89. The van der Waals surface area contributed by atoms with Gasteiger partial charge in [-0.1, -0.05) is 0 Å². The van der Waals surface area contributed by atoms with Crippen molar-refractivity contribution in [2.45, 2.75) is 25.9 Å². The van der Waals surface area contributed by atoms with Gasteiger partial charge in [-0.05, 0) is 44.7 Å². The summed E-state index contributed by atoms with van der Waals surface area (Å²) < 4.78 is 1.64. The Kier molecular flexibility index (Phi) is 5.46. The Hall–Kier alpha value is -3.17. The highest BCUT2D eigenvalue weighted by atomic mass is 16.1. The molecule has 4 fully saturated rings. The summed E-state index contributed by atoms with van der Waals surface area (Å²) in [6, 6.07) is 8.94. The lowest BCUT2D eigenvalue weighted by Gasteiger charge is -2.60. The lowest BCUT2D eigenvalue weighted by molar-refractivity contribution is -0.00242. The molecule has 1 spiro atoms. The first kappa shape index (κ1) is 23.9. The van der Waals surface area contributed by atoms with E-state index >= 15 is 0 Å². The zero-order valence-corrected chi connectivity index (χ0v) is 23.0. The number of nitrogens with zero attached hydrogens (tertiary/aromatic N) is 8. The van der Waals surface area contributed by atoms with Crippen LogP contribution in [0.5, 0.6) is 0 Å². The fourth-order valence-electron chi connectivity index (χ4n) is 7.58. The third-order valence-corrected chi connectivity index (χ3v) is 9.29. The quantitative estimate of drug-likeness (QED) is 0.524. The van der Waals surface area contributed by atoms with Crippen molar-refractivity contribution in [1.29, 1.82) is 0 Å². The van der Waals surface area contributed by atoms with Crippen LogP contribution in [0.3, 0.4) is 0 Å². The molecule has 4 aliphatic rings. The molecule has 4 aliphatic heterocycles. The van der Waals surface area contributed by atoms with Gasteiger partial charge in [0.15, 0.2) is 0 Å². The van der Waals surface area contributed by atoms with Gasteiger partial charge in [0.1, 0.15) is 11.5 Å². The van der Waals surface area contributed by atoms with Crippen LogP contribution >= 0.6 is 0 Å². The molecule has 0 saturated carbocycles. The number of piperazine rings is 2. The highest BCUT2D eigenvalue weighted by Gasteiger charge is 2.50. The molecule has 0 bridgehead atoms. The Morgan fingerprint density at radius 1 is 0.947 bits per heavy atom. The summed E-state index contributed by atoms with van der Waals surface area (Å²) in [5.74, 6) is 1.11. The van der Waals surface area contributed by atoms with Crippen molar-refractivity contribution >= 4 is 28.2 Å². The summed E-state index contributed by atoms with van der Waals surface area (Å²) in [5, 5.41) is 1.04. The van der Waals surface area contributed by atoms with Crippen molar-refractivity contribution < 1.29 is 0 Å². The van der Waals surface area contributed by atoms with Gasteiger partial charge in [-0.25, -0.2) is 9.97 Å². The Labute approximate surface area is 224 Å². The van der Waals surface area contributed by atoms with E-state index in [9.17, 15) is 4.79 Å². The van der Waals surface area contributed by atoms with Crippen LogP contribution in [0.1, 0.15) is 12.5 Å². The van der Waals surface area contributed by atoms with Gasteiger partial charge in [-0.3, -0.25) is 14.3 Å². The molecule has 0 radical (unpaired) electrons. The third-order valence-electron chi connectivity index (χ3n) is 9.29. The van der Waals surface area contributed by atoms with Crippen molar-refractivity contribution in [3.8, 4) is 0 Å². The van der Waals surface area contributed by atoms with Crippen molar-refractivity contribution in [3.63, 3.8) is 0 Å². The summed E-state index contributed by atoms with van der Waals surface area (Å²) in [6.45, 7) is 14.0. The monoisotopic (exact) mass is 514 g/mol. The van der Waals surface area contributed by atoms with Gasteiger partial charge in [-0.2, -0.15) is 0 Å². The van der Waals surface area contributed by atoms with Crippen molar-refractivity contribution in [2.75, 3.05) is 80.7 Å². The number of fused-ring (bicyclic) bond motifs is 2. The number of pyridine rings is 3. The van der Waals surface area contributed by atoms with Gasteiger partial charge >= 0.3 is 0 Å². The first-order chi connectivity index (χ1) is 18.3. The minimum Gasteiger partial charge on any atom is -0.369 e. The zero-order valence-electron chi connectivity index (χ0n) is 23.0. The Morgan fingerprint density at radius 2 is 1.74 bits per heavy atom. The average molecular weight is 515 g/mol. The molecule has 0 aliphatic carbocycles. The van der Waals surface area contributed by atoms with E-state index in [0.29, 0.717) is 17.5 Å². The van der Waals surface area contributed by atoms with Crippen LogP contribution < -0.4 is 20.3 Å². The molecule has 1 unspecified atom stereocenters. The number of hydrogen-bond acceptors (Lipinski definition) is 8. The fourth-order valence-corrected chi connectivity index (χ4v) is 7.58. The predicted molar refractivity (Wildman–Crippen MR) is 152 cm³/mol. The van der Waals surface area contributed by atoms with Crippen molar-refractivity contribution in [3.05, 3.63) is 52.6 Å². The first-order valence-electron chi connectivity index (χ1n) is 13.9. The molecule has 200 valence electrons. The van der Waals surface area contributed by atoms with Crippen LogP contribution in [0.25, 0.3) is 11.0 Å². The molecular formula is C29H38N8O. The smallest absolute Gasteiger partial charge is 0.253 e. The van der Waals surface area contributed by atoms with Gasteiger partial charge in [0.2, 0.25) is 0 Å². The maximum Gasteiger partial charge on any atom is 0.253 e. The molecule has 4 saturated heterocycles. The number of likely N-dealkylation sites (tertiary alicyclic amines) is 1. The molecule has 3 aromatic rings. The summed E-state index contributed by atoms with van der Waals surface area (Å²) in [7, 11) is 4.01. The summed E-state index contributed by atoms with van der Waals surface area (Å²) >= 11 is 0. The Bertz CT molecular complexity index is 1440. The van der Waals surface area contributed by atoms with Crippen LogP contribution in [0.4, 0.5) is 17.2 Å². The molecule has 0 N–H and O–H groups in total. The summed E-state index contributed by atoms with van der Waals surface area (Å²) in [6.07, 6.45) is 3.84. The maximum atomic E-state index is 12.8. The lowest BCUT2D eigenvalue weighted by Crippen LogP contribution is -2.71. The average Bonchev–Trinajstić information content (AvgIpc) is 2.87. The molecule has 7 rings (SSSR count). The number of aryl methyl sites for hydroxylation is 2. The minimum atomic E-state index is -0.0103. The van der Waals surface area contributed by atoms with Crippen molar-refractivity contribution in [1.82, 2.24) is 24.3 Å². The van der Waals surface area contributed by atoms with Crippen LogP contribution in [0.15, 0.2) is 41.5 Å². The second-order valence-electron chi connectivity index (χ2n) is 12.3. The first-order valence-corrected chi connectivity index (χ1v) is 13.9. The number of rotatable bonds is 3. The second-order valence-corrected chi connectivity index (χ2v) is 12.3. The van der Waals surface area contributed by atoms with E-state index in [4.69, 9.17) is 4.98 Å². The number of anilines is 3. The molecule has 0 amide bonds. The predicted octanol–water partition coefficient (Wildman–Crippen LogP) is 1.79. The SMILES string of the molecule is Cc1cc(N2CC3(CN(C)C3)C2)cnc1N1CCN2C(C1)CN(c1cc(=O)n(C)c3ncccc13)C[C@@H]2C. The van der Waals surface area contributed by atoms with Crippen LogP contribution in [-0.2, 0) is 7.05 Å². The van der Waals surface area contributed by atoms with Crippen LogP contribution in [0.2, 0.25) is 0 Å². The fraction of sp³-hybridized carbons (Fsp3) is 0.552. The summed E-state index contributed by atoms with van der Waals surface area (Å²) in [5.41, 5.74) is 4.77. The van der Waals surface area contributed by atoms with Crippen LogP contribution in [-0.4, -0.2) is 102 Å². The van der Waals surface area contributed by atoms with Gasteiger partial charge in [0.25, 0.3) is 5.56 Å². The summed E-state index contributed by atoms with van der Waals surface area (Å²) in [4.78, 5) is 34.7. The van der Waals surface area contributed by atoms with E-state index in [1.807, 2.05) is 6.07 Å². The molecule has 2 atom stereocenters. The maximum absolute atomic E-state index is 12.8. The van der Waals surface area contributed by atoms with E-state index in [0.717, 1.165) is 68.4 Å². The van der Waals surface area contributed by atoms with E-state index < -0.39 is 0 Å². The molecule has 9 nitrogen and oxygen atoms in total. The largest absolute Gasteiger partial charge is 0.369 e.